The van der Waals surface area contributed by atoms with E-state index in [4.69, 9.17) is 12.2 Å². The number of hydrogen-bond donors (Lipinski definition) is 2. The number of nitrogens with one attached hydrogen (secondary N) is 2. The molecule has 0 saturated carbocycles. The molecule has 1 atom stereocenters. The van der Waals surface area contributed by atoms with Gasteiger partial charge in [0.2, 0.25) is 5.91 Å². The molecule has 0 radical (unpaired) electrons. The number of thiazole rings is 1. The Hall–Kier alpha value is -1.53. The van der Waals surface area contributed by atoms with Crippen molar-refractivity contribution < 1.29 is 9.18 Å². The summed E-state index contributed by atoms with van der Waals surface area (Å²) in [4.78, 5) is 15.9. The normalized spacial score (nSPS) is 12.2. The fraction of sp³-hybridized carbons (Fsp3) is 0.286. The largest absolute Gasteiger partial charge is 0.349 e. The monoisotopic (exact) mass is 310 g/mol. The minimum atomic E-state index is -0.365. The summed E-state index contributed by atoms with van der Waals surface area (Å²) < 4.78 is 14.3. The number of rotatable bonds is 4. The summed E-state index contributed by atoms with van der Waals surface area (Å²) in [7, 11) is 0. The van der Waals surface area contributed by atoms with E-state index in [0.717, 1.165) is 10.6 Å². The topological polar surface area (TPSA) is 44.9 Å². The van der Waals surface area contributed by atoms with Crippen LogP contribution in [0.3, 0.4) is 0 Å². The molecule has 2 rings (SSSR count). The molecule has 2 aromatic rings. The van der Waals surface area contributed by atoms with Gasteiger partial charge in [-0.25, -0.2) is 4.39 Å². The highest BCUT2D eigenvalue weighted by atomic mass is 32.1. The Balaban J connectivity index is 2.03. The molecule has 0 aliphatic rings. The highest BCUT2D eigenvalue weighted by molar-refractivity contribution is 7.73. The molecular formula is C14H15FN2OS2. The molecule has 0 saturated heterocycles. The van der Waals surface area contributed by atoms with Crippen molar-refractivity contribution in [3.63, 3.8) is 0 Å². The Bertz CT molecular complexity index is 678. The molecular weight excluding hydrogens is 295 g/mol. The number of H-pyrrole nitrogens is 1. The first kappa shape index (κ1) is 14.9. The summed E-state index contributed by atoms with van der Waals surface area (Å²) in [5, 5.41) is 2.80. The number of carbonyl (C=O) groups is 1. The van der Waals surface area contributed by atoms with Crippen LogP contribution < -0.4 is 5.32 Å². The summed E-state index contributed by atoms with van der Waals surface area (Å²) >= 11 is 6.43. The molecule has 0 aliphatic heterocycles. The zero-order chi connectivity index (χ0) is 14.7. The number of amides is 1. The molecule has 0 aliphatic carbocycles. The van der Waals surface area contributed by atoms with E-state index in [9.17, 15) is 9.18 Å². The first-order chi connectivity index (χ1) is 9.47. The average Bonchev–Trinajstić information content (AvgIpc) is 2.68. The van der Waals surface area contributed by atoms with E-state index in [1.807, 2.05) is 6.92 Å². The SMILES string of the molecule is Cc1[nH]c(=S)sc1CC(=O)NC(C)c1ccccc1F. The standard InChI is InChI=1S/C14H15FN2OS2/c1-8(10-5-3-4-6-11(10)15)16-13(18)7-12-9(2)17-14(19)20-12/h3-6,8H,7H2,1-2H3,(H,16,18)(H,17,19). The van der Waals surface area contributed by atoms with Gasteiger partial charge in [-0.1, -0.05) is 18.2 Å². The van der Waals surface area contributed by atoms with Gasteiger partial charge in [-0.3, -0.25) is 4.79 Å². The van der Waals surface area contributed by atoms with Crippen LogP contribution in [0.15, 0.2) is 24.3 Å². The van der Waals surface area contributed by atoms with E-state index in [-0.39, 0.29) is 24.2 Å². The first-order valence-corrected chi connectivity index (χ1v) is 7.42. The van der Waals surface area contributed by atoms with Crippen molar-refractivity contribution in [2.45, 2.75) is 26.3 Å². The van der Waals surface area contributed by atoms with E-state index >= 15 is 0 Å². The maximum absolute atomic E-state index is 13.6. The van der Waals surface area contributed by atoms with Gasteiger partial charge in [0.1, 0.15) is 5.82 Å². The molecule has 0 spiro atoms. The molecule has 106 valence electrons. The van der Waals surface area contributed by atoms with Crippen molar-refractivity contribution in [3.05, 3.63) is 50.2 Å². The average molecular weight is 310 g/mol. The van der Waals surface area contributed by atoms with Gasteiger partial charge in [-0.2, -0.15) is 0 Å². The number of hydrogen-bond acceptors (Lipinski definition) is 3. The first-order valence-electron chi connectivity index (χ1n) is 6.19. The highest BCUT2D eigenvalue weighted by Gasteiger charge is 2.14. The molecule has 1 aromatic heterocycles. The Morgan fingerprint density at radius 1 is 1.50 bits per heavy atom. The zero-order valence-electron chi connectivity index (χ0n) is 11.2. The lowest BCUT2D eigenvalue weighted by molar-refractivity contribution is -0.121. The number of aromatic amines is 1. The summed E-state index contributed by atoms with van der Waals surface area (Å²) in [6, 6.07) is 6.08. The van der Waals surface area contributed by atoms with Gasteiger partial charge >= 0.3 is 0 Å². The molecule has 1 amide bonds. The number of aryl methyl sites for hydroxylation is 1. The van der Waals surface area contributed by atoms with Crippen molar-refractivity contribution in [2.24, 2.45) is 0 Å². The molecule has 1 heterocycles. The van der Waals surface area contributed by atoms with Gasteiger partial charge in [0.25, 0.3) is 0 Å². The van der Waals surface area contributed by atoms with Crippen molar-refractivity contribution >= 4 is 29.5 Å². The predicted molar refractivity (Wildman–Crippen MR) is 80.9 cm³/mol. The maximum atomic E-state index is 13.6. The van der Waals surface area contributed by atoms with E-state index in [2.05, 4.69) is 10.3 Å². The van der Waals surface area contributed by atoms with E-state index in [0.29, 0.717) is 9.52 Å². The number of benzene rings is 1. The third-order valence-electron chi connectivity index (χ3n) is 2.99. The van der Waals surface area contributed by atoms with Crippen LogP contribution in [0.5, 0.6) is 0 Å². The van der Waals surface area contributed by atoms with Crippen molar-refractivity contribution in [2.75, 3.05) is 0 Å². The Morgan fingerprint density at radius 2 is 2.20 bits per heavy atom. The molecule has 1 aromatic carbocycles. The fourth-order valence-electron chi connectivity index (χ4n) is 1.95. The van der Waals surface area contributed by atoms with Crippen LogP contribution in [0.2, 0.25) is 0 Å². The minimum absolute atomic E-state index is 0.144. The van der Waals surface area contributed by atoms with Gasteiger partial charge in [0.15, 0.2) is 3.95 Å². The van der Waals surface area contributed by atoms with Gasteiger partial charge in [-0.05, 0) is 32.1 Å². The second-order valence-electron chi connectivity index (χ2n) is 4.55. The second-order valence-corrected chi connectivity index (χ2v) is 6.32. The number of carbonyl (C=O) groups excluding carboxylic acids is 1. The van der Waals surface area contributed by atoms with Gasteiger partial charge in [-0.15, -0.1) is 11.3 Å². The quantitative estimate of drug-likeness (QED) is 0.846. The lowest BCUT2D eigenvalue weighted by atomic mass is 10.1. The minimum Gasteiger partial charge on any atom is -0.349 e. The number of halogens is 1. The van der Waals surface area contributed by atoms with Crippen LogP contribution in [-0.4, -0.2) is 10.9 Å². The van der Waals surface area contributed by atoms with Crippen LogP contribution in [0.4, 0.5) is 4.39 Å². The summed E-state index contributed by atoms with van der Waals surface area (Å²) in [6.07, 6.45) is 0.252. The third-order valence-corrected chi connectivity index (χ3v) is 4.33. The van der Waals surface area contributed by atoms with Crippen molar-refractivity contribution in [1.29, 1.82) is 0 Å². The lowest BCUT2D eigenvalue weighted by Gasteiger charge is -2.14. The van der Waals surface area contributed by atoms with E-state index in [1.165, 1.54) is 17.4 Å². The van der Waals surface area contributed by atoms with Crippen LogP contribution >= 0.6 is 23.6 Å². The van der Waals surface area contributed by atoms with Gasteiger partial charge in [0.05, 0.1) is 12.5 Å². The predicted octanol–water partition coefficient (Wildman–Crippen LogP) is 3.67. The van der Waals surface area contributed by atoms with Gasteiger partial charge in [0, 0.05) is 16.1 Å². The summed E-state index contributed by atoms with van der Waals surface area (Å²) in [5.41, 5.74) is 1.40. The summed E-state index contributed by atoms with van der Waals surface area (Å²) in [6.45, 7) is 3.65. The van der Waals surface area contributed by atoms with Crippen molar-refractivity contribution in [1.82, 2.24) is 10.3 Å². The molecule has 20 heavy (non-hydrogen) atoms. The smallest absolute Gasteiger partial charge is 0.225 e. The lowest BCUT2D eigenvalue weighted by Crippen LogP contribution is -2.28. The second kappa shape index (κ2) is 6.28. The summed E-state index contributed by atoms with van der Waals surface area (Å²) in [5.74, 6) is -0.456. The zero-order valence-corrected chi connectivity index (χ0v) is 12.8. The van der Waals surface area contributed by atoms with Crippen LogP contribution in [0.25, 0.3) is 0 Å². The molecule has 3 nitrogen and oxygen atoms in total. The molecule has 2 N–H and O–H groups in total. The Labute approximate surface area is 125 Å². The highest BCUT2D eigenvalue weighted by Crippen LogP contribution is 2.18. The molecule has 6 heteroatoms. The van der Waals surface area contributed by atoms with E-state index in [1.54, 1.807) is 25.1 Å². The van der Waals surface area contributed by atoms with Crippen LogP contribution in [0.1, 0.15) is 29.1 Å². The third kappa shape index (κ3) is 3.52. The Kier molecular flexibility index (Phi) is 4.67. The van der Waals surface area contributed by atoms with Crippen LogP contribution in [-0.2, 0) is 11.2 Å². The van der Waals surface area contributed by atoms with Crippen molar-refractivity contribution in [3.8, 4) is 0 Å². The van der Waals surface area contributed by atoms with Gasteiger partial charge < -0.3 is 10.3 Å². The molecule has 0 bridgehead atoms. The Morgan fingerprint density at radius 3 is 2.80 bits per heavy atom. The van der Waals surface area contributed by atoms with E-state index < -0.39 is 0 Å². The van der Waals surface area contributed by atoms with Crippen LogP contribution in [0, 0.1) is 16.7 Å². The fourth-order valence-corrected chi connectivity index (χ4v) is 3.24. The molecule has 0 fully saturated rings. The number of aromatic nitrogens is 1. The molecule has 1 unspecified atom stereocenters. The maximum Gasteiger partial charge on any atom is 0.225 e.